The number of nitrogen functional groups attached to an aromatic ring is 1. The molecular formula is C14H21FN2O3S. The molecule has 0 saturated heterocycles. The molecule has 0 bridgehead atoms. The maximum atomic E-state index is 13.7. The van der Waals surface area contributed by atoms with Crippen LogP contribution < -0.4 is 10.5 Å². The van der Waals surface area contributed by atoms with Crippen molar-refractivity contribution in [2.24, 2.45) is 5.92 Å². The zero-order chi connectivity index (χ0) is 15.7. The molecule has 2 rings (SSSR count). The van der Waals surface area contributed by atoms with Crippen molar-refractivity contribution in [2.75, 3.05) is 12.3 Å². The van der Waals surface area contributed by atoms with Crippen molar-refractivity contribution in [2.45, 2.75) is 43.1 Å². The van der Waals surface area contributed by atoms with Gasteiger partial charge in [-0.1, -0.05) is 19.8 Å². The molecule has 1 aliphatic rings. The van der Waals surface area contributed by atoms with Crippen LogP contribution >= 0.6 is 0 Å². The van der Waals surface area contributed by atoms with Gasteiger partial charge in [0.15, 0.2) is 0 Å². The number of aliphatic hydroxyl groups is 1. The van der Waals surface area contributed by atoms with Crippen molar-refractivity contribution in [3.05, 3.63) is 24.0 Å². The molecule has 2 atom stereocenters. The highest BCUT2D eigenvalue weighted by Crippen LogP contribution is 2.32. The maximum absolute atomic E-state index is 13.7. The topological polar surface area (TPSA) is 92.4 Å². The molecule has 1 saturated carbocycles. The van der Waals surface area contributed by atoms with Gasteiger partial charge >= 0.3 is 0 Å². The first-order valence-electron chi connectivity index (χ1n) is 6.99. The molecule has 4 N–H and O–H groups in total. The van der Waals surface area contributed by atoms with Crippen molar-refractivity contribution in [3.63, 3.8) is 0 Å². The molecule has 1 aliphatic carbocycles. The van der Waals surface area contributed by atoms with Crippen LogP contribution in [0.4, 0.5) is 10.1 Å². The molecule has 5 nitrogen and oxygen atoms in total. The Hall–Kier alpha value is -1.18. The van der Waals surface area contributed by atoms with Crippen LogP contribution in [0.2, 0.25) is 0 Å². The molecule has 7 heteroatoms. The summed E-state index contributed by atoms with van der Waals surface area (Å²) in [6, 6.07) is 3.42. The van der Waals surface area contributed by atoms with Gasteiger partial charge in [-0.05, 0) is 37.0 Å². The van der Waals surface area contributed by atoms with E-state index in [2.05, 4.69) is 4.72 Å². The van der Waals surface area contributed by atoms with E-state index in [-0.39, 0.29) is 12.2 Å². The van der Waals surface area contributed by atoms with Crippen molar-refractivity contribution >= 4 is 15.7 Å². The predicted molar refractivity (Wildman–Crippen MR) is 78.6 cm³/mol. The number of hydrogen-bond donors (Lipinski definition) is 3. The van der Waals surface area contributed by atoms with E-state index >= 15 is 0 Å². The average Bonchev–Trinajstić information content (AvgIpc) is 2.36. The Balaban J connectivity index is 2.11. The Bertz CT molecular complexity index is 621. The third-order valence-corrected chi connectivity index (χ3v) is 5.34. The van der Waals surface area contributed by atoms with E-state index in [0.29, 0.717) is 18.8 Å². The molecule has 0 radical (unpaired) electrons. The van der Waals surface area contributed by atoms with Crippen LogP contribution in [0, 0.1) is 11.7 Å². The van der Waals surface area contributed by atoms with Gasteiger partial charge in [0.05, 0.1) is 5.60 Å². The van der Waals surface area contributed by atoms with Crippen LogP contribution in [0.1, 0.15) is 32.6 Å². The molecule has 2 unspecified atom stereocenters. The van der Waals surface area contributed by atoms with Gasteiger partial charge in [0.25, 0.3) is 0 Å². The van der Waals surface area contributed by atoms with E-state index < -0.39 is 26.3 Å². The number of hydrogen-bond acceptors (Lipinski definition) is 4. The van der Waals surface area contributed by atoms with Crippen molar-refractivity contribution in [1.29, 1.82) is 0 Å². The first-order valence-corrected chi connectivity index (χ1v) is 8.47. The molecule has 0 aliphatic heterocycles. The number of halogens is 1. The number of nitrogens with two attached hydrogens (primary N) is 1. The third-order valence-electron chi connectivity index (χ3n) is 3.90. The van der Waals surface area contributed by atoms with Crippen LogP contribution in [0.15, 0.2) is 23.1 Å². The average molecular weight is 316 g/mol. The second kappa shape index (κ2) is 5.90. The summed E-state index contributed by atoms with van der Waals surface area (Å²) >= 11 is 0. The number of rotatable bonds is 4. The Morgan fingerprint density at radius 2 is 2.24 bits per heavy atom. The van der Waals surface area contributed by atoms with Crippen LogP contribution in [0.25, 0.3) is 0 Å². The number of sulfonamides is 1. The minimum Gasteiger partial charge on any atom is -0.399 e. The monoisotopic (exact) mass is 316 g/mol. The fourth-order valence-corrected chi connectivity index (χ4v) is 4.01. The molecule has 0 spiro atoms. The van der Waals surface area contributed by atoms with E-state index in [4.69, 9.17) is 5.73 Å². The number of nitrogens with one attached hydrogen (secondary N) is 1. The lowest BCUT2D eigenvalue weighted by Crippen LogP contribution is -2.45. The van der Waals surface area contributed by atoms with E-state index in [1.165, 1.54) is 6.07 Å². The van der Waals surface area contributed by atoms with Crippen LogP contribution in [0.5, 0.6) is 0 Å². The second-order valence-electron chi connectivity index (χ2n) is 5.94. The lowest BCUT2D eigenvalue weighted by molar-refractivity contribution is -0.00752. The highest BCUT2D eigenvalue weighted by molar-refractivity contribution is 7.89. The molecule has 1 aromatic rings. The summed E-state index contributed by atoms with van der Waals surface area (Å²) in [7, 11) is -4.00. The molecule has 1 fully saturated rings. The SMILES string of the molecule is CC1CCCC(O)(CNS(=O)(=O)c2ccc(N)cc2F)C1. The van der Waals surface area contributed by atoms with Crippen molar-refractivity contribution in [1.82, 2.24) is 4.72 Å². The molecule has 0 aromatic heterocycles. The summed E-state index contributed by atoms with van der Waals surface area (Å²) in [6.07, 6.45) is 2.97. The highest BCUT2D eigenvalue weighted by atomic mass is 32.2. The van der Waals surface area contributed by atoms with E-state index in [9.17, 15) is 17.9 Å². The van der Waals surface area contributed by atoms with Crippen molar-refractivity contribution < 1.29 is 17.9 Å². The summed E-state index contributed by atoms with van der Waals surface area (Å²) in [5.74, 6) is -0.548. The van der Waals surface area contributed by atoms with Gasteiger partial charge in [0.1, 0.15) is 10.7 Å². The van der Waals surface area contributed by atoms with Gasteiger partial charge in [0.2, 0.25) is 10.0 Å². The van der Waals surface area contributed by atoms with Gasteiger partial charge in [0, 0.05) is 12.2 Å². The smallest absolute Gasteiger partial charge is 0.243 e. The van der Waals surface area contributed by atoms with E-state index in [0.717, 1.165) is 25.0 Å². The first-order chi connectivity index (χ1) is 9.72. The lowest BCUT2D eigenvalue weighted by Gasteiger charge is -2.35. The minimum atomic E-state index is -4.00. The van der Waals surface area contributed by atoms with E-state index in [1.807, 2.05) is 6.92 Å². The Morgan fingerprint density at radius 3 is 2.86 bits per heavy atom. The normalized spacial score (nSPS) is 26.7. The standard InChI is InChI=1S/C14H21FN2O3S/c1-10-3-2-6-14(18,8-10)9-17-21(19,20)13-5-4-11(16)7-12(13)15/h4-5,7,10,17-18H,2-3,6,8-9,16H2,1H3. The summed E-state index contributed by atoms with van der Waals surface area (Å²) < 4.78 is 40.3. The fraction of sp³-hybridized carbons (Fsp3) is 0.571. The summed E-state index contributed by atoms with van der Waals surface area (Å²) in [6.45, 7) is 1.92. The fourth-order valence-electron chi connectivity index (χ4n) is 2.84. The first kappa shape index (κ1) is 16.2. The summed E-state index contributed by atoms with van der Waals surface area (Å²) in [5.41, 5.74) is 4.50. The zero-order valence-electron chi connectivity index (χ0n) is 12.0. The predicted octanol–water partition coefficient (Wildman–Crippen LogP) is 1.63. The molecule has 0 heterocycles. The van der Waals surface area contributed by atoms with Gasteiger partial charge in [-0.2, -0.15) is 0 Å². The summed E-state index contributed by atoms with van der Waals surface area (Å²) in [5, 5.41) is 10.4. The third kappa shape index (κ3) is 3.93. The summed E-state index contributed by atoms with van der Waals surface area (Å²) in [4.78, 5) is -0.454. The number of anilines is 1. The lowest BCUT2D eigenvalue weighted by atomic mass is 9.79. The van der Waals surface area contributed by atoms with Crippen LogP contribution in [-0.4, -0.2) is 25.7 Å². The Morgan fingerprint density at radius 1 is 1.52 bits per heavy atom. The minimum absolute atomic E-state index is 0.108. The molecular weight excluding hydrogens is 295 g/mol. The van der Waals surface area contributed by atoms with Gasteiger partial charge in [-0.15, -0.1) is 0 Å². The maximum Gasteiger partial charge on any atom is 0.243 e. The van der Waals surface area contributed by atoms with Crippen molar-refractivity contribution in [3.8, 4) is 0 Å². The quantitative estimate of drug-likeness (QED) is 0.736. The Labute approximate surface area is 124 Å². The zero-order valence-corrected chi connectivity index (χ0v) is 12.8. The van der Waals surface area contributed by atoms with Crippen LogP contribution in [-0.2, 0) is 10.0 Å². The van der Waals surface area contributed by atoms with Gasteiger partial charge in [-0.3, -0.25) is 0 Å². The molecule has 118 valence electrons. The second-order valence-corrected chi connectivity index (χ2v) is 7.68. The molecule has 21 heavy (non-hydrogen) atoms. The Kier molecular flexibility index (Phi) is 4.55. The molecule has 0 amide bonds. The largest absolute Gasteiger partial charge is 0.399 e. The number of benzene rings is 1. The van der Waals surface area contributed by atoms with Gasteiger partial charge in [-0.25, -0.2) is 17.5 Å². The van der Waals surface area contributed by atoms with E-state index in [1.54, 1.807) is 0 Å². The van der Waals surface area contributed by atoms with Crippen LogP contribution in [0.3, 0.4) is 0 Å². The highest BCUT2D eigenvalue weighted by Gasteiger charge is 2.34. The van der Waals surface area contributed by atoms with Gasteiger partial charge < -0.3 is 10.8 Å². The molecule has 1 aromatic carbocycles.